The maximum Gasteiger partial charge on any atom is 0.205 e. The van der Waals surface area contributed by atoms with E-state index in [0.29, 0.717) is 17.1 Å². The second kappa shape index (κ2) is 4.22. The molecule has 0 bridgehead atoms. The van der Waals surface area contributed by atoms with E-state index in [1.807, 2.05) is 6.07 Å². The number of nitriles is 2. The average molecular weight is 253 g/mol. The van der Waals surface area contributed by atoms with Crippen LogP contribution in [0.1, 0.15) is 24.5 Å². The van der Waals surface area contributed by atoms with Gasteiger partial charge in [-0.05, 0) is 25.0 Å². The first-order valence-electron chi connectivity index (χ1n) is 6.01. The largest absolute Gasteiger partial charge is 0.468 e. The molecule has 1 aromatic heterocycles. The van der Waals surface area contributed by atoms with Gasteiger partial charge in [-0.2, -0.15) is 10.5 Å². The summed E-state index contributed by atoms with van der Waals surface area (Å²) in [7, 11) is 0. The van der Waals surface area contributed by atoms with E-state index in [9.17, 15) is 10.5 Å². The lowest BCUT2D eigenvalue weighted by Crippen LogP contribution is -2.20. The molecule has 0 spiro atoms. The molecule has 1 aliphatic heterocycles. The first-order valence-corrected chi connectivity index (χ1v) is 6.01. The highest BCUT2D eigenvalue weighted by Gasteiger charge is 2.40. The maximum absolute atomic E-state index is 9.40. The highest BCUT2D eigenvalue weighted by molar-refractivity contribution is 5.51. The van der Waals surface area contributed by atoms with Crippen molar-refractivity contribution in [3.05, 3.63) is 46.9 Å². The van der Waals surface area contributed by atoms with Gasteiger partial charge in [0.2, 0.25) is 5.88 Å². The normalized spacial score (nSPS) is 22.7. The molecule has 1 aromatic rings. The predicted octanol–water partition coefficient (Wildman–Crippen LogP) is 2.27. The molecule has 1 fully saturated rings. The van der Waals surface area contributed by atoms with Gasteiger partial charge < -0.3 is 14.9 Å². The van der Waals surface area contributed by atoms with Crippen molar-refractivity contribution >= 4 is 0 Å². The Kier molecular flexibility index (Phi) is 2.54. The minimum Gasteiger partial charge on any atom is -0.468 e. The standard InChI is InChI=1S/C14H11N3O2/c15-6-9-12(11-2-1-5-18-11)10(7-16)14(17)19-13(9)8-3-4-8/h1-2,5,8,12H,3-4,17H2/t12-/m0/s1. The van der Waals surface area contributed by atoms with Gasteiger partial charge in [-0.15, -0.1) is 0 Å². The van der Waals surface area contributed by atoms with Gasteiger partial charge in [0.25, 0.3) is 0 Å². The highest BCUT2D eigenvalue weighted by atomic mass is 16.5. The molecular formula is C14H11N3O2. The number of hydrogen-bond donors (Lipinski definition) is 1. The first kappa shape index (κ1) is 11.4. The van der Waals surface area contributed by atoms with E-state index >= 15 is 0 Å². The first-order chi connectivity index (χ1) is 9.26. The van der Waals surface area contributed by atoms with Crippen LogP contribution < -0.4 is 5.73 Å². The molecule has 5 heteroatoms. The lowest BCUT2D eigenvalue weighted by molar-refractivity contribution is 0.258. The van der Waals surface area contributed by atoms with Crippen molar-refractivity contribution in [1.29, 1.82) is 10.5 Å². The number of furan rings is 1. The molecule has 1 saturated carbocycles. The summed E-state index contributed by atoms with van der Waals surface area (Å²) in [6.07, 6.45) is 3.49. The van der Waals surface area contributed by atoms with Crippen LogP contribution in [0.4, 0.5) is 0 Å². The van der Waals surface area contributed by atoms with Crippen LogP contribution in [0.15, 0.2) is 45.6 Å². The number of nitrogens with zero attached hydrogens (tertiary/aromatic N) is 2. The molecular weight excluding hydrogens is 242 g/mol. The van der Waals surface area contributed by atoms with Crippen LogP contribution in [0, 0.1) is 28.6 Å². The monoisotopic (exact) mass is 253 g/mol. The summed E-state index contributed by atoms with van der Waals surface area (Å²) in [6.45, 7) is 0. The molecule has 5 nitrogen and oxygen atoms in total. The highest BCUT2D eigenvalue weighted by Crippen LogP contribution is 2.47. The van der Waals surface area contributed by atoms with Gasteiger partial charge in [0.1, 0.15) is 23.2 Å². The zero-order chi connectivity index (χ0) is 13.4. The van der Waals surface area contributed by atoms with Gasteiger partial charge >= 0.3 is 0 Å². The van der Waals surface area contributed by atoms with E-state index in [1.54, 1.807) is 12.1 Å². The Balaban J connectivity index is 2.15. The van der Waals surface area contributed by atoms with Crippen molar-refractivity contribution < 1.29 is 9.15 Å². The number of rotatable bonds is 2. The molecule has 3 rings (SSSR count). The Morgan fingerprint density at radius 2 is 1.95 bits per heavy atom. The van der Waals surface area contributed by atoms with Crippen LogP contribution in [-0.4, -0.2) is 0 Å². The second-order valence-electron chi connectivity index (χ2n) is 4.60. The Labute approximate surface area is 110 Å². The van der Waals surface area contributed by atoms with E-state index < -0.39 is 5.92 Å². The van der Waals surface area contributed by atoms with E-state index in [1.165, 1.54) is 6.26 Å². The van der Waals surface area contributed by atoms with Gasteiger partial charge in [0.05, 0.1) is 23.8 Å². The summed E-state index contributed by atoms with van der Waals surface area (Å²) in [6, 6.07) is 7.64. The van der Waals surface area contributed by atoms with Crippen LogP contribution in [0.5, 0.6) is 0 Å². The fourth-order valence-electron chi connectivity index (χ4n) is 2.29. The summed E-state index contributed by atoms with van der Waals surface area (Å²) in [5.74, 6) is 0.906. The maximum atomic E-state index is 9.40. The number of ether oxygens (including phenoxy) is 1. The Morgan fingerprint density at radius 1 is 1.21 bits per heavy atom. The third-order valence-electron chi connectivity index (χ3n) is 3.34. The van der Waals surface area contributed by atoms with Crippen molar-refractivity contribution in [3.8, 4) is 12.1 Å². The molecule has 1 atom stereocenters. The zero-order valence-electron chi connectivity index (χ0n) is 10.1. The second-order valence-corrected chi connectivity index (χ2v) is 4.60. The van der Waals surface area contributed by atoms with Crippen molar-refractivity contribution in [1.82, 2.24) is 0 Å². The van der Waals surface area contributed by atoms with Crippen LogP contribution >= 0.6 is 0 Å². The molecule has 0 unspecified atom stereocenters. The fraction of sp³-hybridized carbons (Fsp3) is 0.286. The summed E-state index contributed by atoms with van der Waals surface area (Å²) in [4.78, 5) is 0. The number of nitrogens with two attached hydrogens (primary N) is 1. The van der Waals surface area contributed by atoms with Gasteiger partial charge in [-0.1, -0.05) is 0 Å². The SMILES string of the molecule is N#CC1=C(N)OC(C2CC2)=C(C#N)[C@@H]1c1ccco1. The zero-order valence-corrected chi connectivity index (χ0v) is 10.1. The van der Waals surface area contributed by atoms with Crippen LogP contribution in [-0.2, 0) is 4.74 Å². The Hall–Kier alpha value is -2.66. The minimum absolute atomic E-state index is 0.0739. The predicted molar refractivity (Wildman–Crippen MR) is 64.7 cm³/mol. The molecule has 1 aliphatic carbocycles. The van der Waals surface area contributed by atoms with Crippen molar-refractivity contribution in [2.75, 3.05) is 0 Å². The molecule has 19 heavy (non-hydrogen) atoms. The van der Waals surface area contributed by atoms with E-state index in [-0.39, 0.29) is 17.4 Å². The quantitative estimate of drug-likeness (QED) is 0.872. The van der Waals surface area contributed by atoms with E-state index in [2.05, 4.69) is 6.07 Å². The van der Waals surface area contributed by atoms with Crippen LogP contribution in [0.2, 0.25) is 0 Å². The average Bonchev–Trinajstić information content (AvgIpc) is 3.12. The summed E-state index contributed by atoms with van der Waals surface area (Å²) in [5.41, 5.74) is 6.47. The molecule has 2 aliphatic rings. The Bertz CT molecular complexity index is 652. The summed E-state index contributed by atoms with van der Waals surface area (Å²) in [5, 5.41) is 18.6. The van der Waals surface area contributed by atoms with Crippen molar-refractivity contribution in [2.24, 2.45) is 11.7 Å². The number of hydrogen-bond acceptors (Lipinski definition) is 5. The molecule has 0 radical (unpaired) electrons. The van der Waals surface area contributed by atoms with Gasteiger partial charge in [0, 0.05) is 5.92 Å². The lowest BCUT2D eigenvalue weighted by Gasteiger charge is -2.24. The summed E-state index contributed by atoms with van der Waals surface area (Å²) >= 11 is 0. The topological polar surface area (TPSA) is 96.0 Å². The summed E-state index contributed by atoms with van der Waals surface area (Å²) < 4.78 is 10.8. The molecule has 94 valence electrons. The molecule has 0 saturated heterocycles. The molecule has 2 N–H and O–H groups in total. The minimum atomic E-state index is -0.547. The van der Waals surface area contributed by atoms with Crippen LogP contribution in [0.25, 0.3) is 0 Å². The third-order valence-corrected chi connectivity index (χ3v) is 3.34. The fourth-order valence-corrected chi connectivity index (χ4v) is 2.29. The lowest BCUT2D eigenvalue weighted by atomic mass is 9.86. The van der Waals surface area contributed by atoms with E-state index in [4.69, 9.17) is 14.9 Å². The molecule has 0 aromatic carbocycles. The Morgan fingerprint density at radius 3 is 2.47 bits per heavy atom. The van der Waals surface area contributed by atoms with Gasteiger partial charge in [-0.25, -0.2) is 0 Å². The van der Waals surface area contributed by atoms with Gasteiger partial charge in [0.15, 0.2) is 0 Å². The van der Waals surface area contributed by atoms with Crippen molar-refractivity contribution in [3.63, 3.8) is 0 Å². The van der Waals surface area contributed by atoms with E-state index in [0.717, 1.165) is 12.8 Å². The number of allylic oxidation sites excluding steroid dienone is 3. The van der Waals surface area contributed by atoms with Crippen molar-refractivity contribution in [2.45, 2.75) is 18.8 Å². The van der Waals surface area contributed by atoms with Crippen LogP contribution in [0.3, 0.4) is 0 Å². The van der Waals surface area contributed by atoms with Gasteiger partial charge in [-0.3, -0.25) is 0 Å². The molecule has 2 heterocycles. The third kappa shape index (κ3) is 1.76. The molecule has 0 amide bonds. The smallest absolute Gasteiger partial charge is 0.205 e.